The molecule has 0 radical (unpaired) electrons. The molecule has 1 saturated heterocycles. The maximum Gasteiger partial charge on any atom is 0.122 e. The second kappa shape index (κ2) is 7.03. The fourth-order valence-corrected chi connectivity index (χ4v) is 3.24. The van der Waals surface area contributed by atoms with Crippen molar-refractivity contribution in [3.05, 3.63) is 48.3 Å². The van der Waals surface area contributed by atoms with Gasteiger partial charge in [-0.25, -0.2) is 4.98 Å². The molecule has 0 bridgehead atoms. The second-order valence-electron chi connectivity index (χ2n) is 5.84. The fraction of sp³-hybridized carbons (Fsp3) is 0.529. The summed E-state index contributed by atoms with van der Waals surface area (Å²) in [5, 5.41) is 0. The summed E-state index contributed by atoms with van der Waals surface area (Å²) in [6, 6.07) is 4.54. The Kier molecular flexibility index (Phi) is 4.85. The molecule has 1 aliphatic heterocycles. The smallest absolute Gasteiger partial charge is 0.122 e. The average molecular weight is 300 g/mol. The van der Waals surface area contributed by atoms with Crippen molar-refractivity contribution >= 4 is 0 Å². The van der Waals surface area contributed by atoms with Gasteiger partial charge in [-0.3, -0.25) is 9.88 Å². The van der Waals surface area contributed by atoms with E-state index in [2.05, 4.69) is 39.5 Å². The van der Waals surface area contributed by atoms with Gasteiger partial charge >= 0.3 is 0 Å². The highest BCUT2D eigenvalue weighted by Gasteiger charge is 2.35. The van der Waals surface area contributed by atoms with Crippen LogP contribution in [0.25, 0.3) is 0 Å². The van der Waals surface area contributed by atoms with E-state index in [0.717, 1.165) is 38.4 Å². The molecule has 22 heavy (non-hydrogen) atoms. The number of imidazole rings is 1. The van der Waals surface area contributed by atoms with Gasteiger partial charge in [-0.2, -0.15) is 0 Å². The Morgan fingerprint density at radius 3 is 2.95 bits per heavy atom. The number of nitrogens with zero attached hydrogens (tertiary/aromatic N) is 4. The first-order chi connectivity index (χ1) is 10.8. The largest absolute Gasteiger partial charge is 0.377 e. The Morgan fingerprint density at radius 1 is 1.36 bits per heavy atom. The molecule has 3 heterocycles. The normalized spacial score (nSPS) is 22.3. The number of aromatic nitrogens is 3. The molecule has 0 saturated carbocycles. The number of rotatable bonds is 6. The van der Waals surface area contributed by atoms with Crippen LogP contribution >= 0.6 is 0 Å². The Balaban J connectivity index is 1.74. The van der Waals surface area contributed by atoms with E-state index in [1.165, 1.54) is 5.56 Å². The van der Waals surface area contributed by atoms with Gasteiger partial charge in [-0.15, -0.1) is 0 Å². The van der Waals surface area contributed by atoms with Crippen LogP contribution in [0, 0.1) is 0 Å². The van der Waals surface area contributed by atoms with Crippen LogP contribution in [-0.4, -0.2) is 44.7 Å². The summed E-state index contributed by atoms with van der Waals surface area (Å²) >= 11 is 0. The van der Waals surface area contributed by atoms with Gasteiger partial charge in [-0.05, 0) is 31.4 Å². The quantitative estimate of drug-likeness (QED) is 0.819. The van der Waals surface area contributed by atoms with E-state index in [1.54, 1.807) is 0 Å². The van der Waals surface area contributed by atoms with Crippen molar-refractivity contribution in [3.8, 4) is 0 Å². The van der Waals surface area contributed by atoms with Gasteiger partial charge in [-0.1, -0.05) is 6.07 Å². The minimum absolute atomic E-state index is 0.297. The van der Waals surface area contributed by atoms with Gasteiger partial charge in [0.2, 0.25) is 0 Å². The molecule has 0 amide bonds. The van der Waals surface area contributed by atoms with Crippen molar-refractivity contribution in [2.75, 3.05) is 13.2 Å². The molecule has 3 rings (SSSR count). The third-order valence-electron chi connectivity index (χ3n) is 4.41. The number of aryl methyl sites for hydroxylation is 1. The van der Waals surface area contributed by atoms with Crippen molar-refractivity contribution in [2.24, 2.45) is 7.05 Å². The summed E-state index contributed by atoms with van der Waals surface area (Å²) in [6.45, 7) is 4.77. The monoisotopic (exact) mass is 300 g/mol. The van der Waals surface area contributed by atoms with Crippen molar-refractivity contribution < 1.29 is 4.74 Å². The summed E-state index contributed by atoms with van der Waals surface area (Å²) in [4.78, 5) is 11.2. The lowest BCUT2D eigenvalue weighted by Crippen LogP contribution is -2.38. The first kappa shape index (κ1) is 15.2. The van der Waals surface area contributed by atoms with E-state index < -0.39 is 0 Å². The van der Waals surface area contributed by atoms with Crippen LogP contribution < -0.4 is 0 Å². The molecule has 2 aromatic rings. The van der Waals surface area contributed by atoms with Gasteiger partial charge in [0, 0.05) is 51.0 Å². The summed E-state index contributed by atoms with van der Waals surface area (Å²) in [5.41, 5.74) is 1.27. The lowest BCUT2D eigenvalue weighted by atomic mass is 10.0. The van der Waals surface area contributed by atoms with Crippen LogP contribution in [-0.2, 0) is 24.8 Å². The molecule has 1 aliphatic rings. The van der Waals surface area contributed by atoms with Gasteiger partial charge in [0.25, 0.3) is 0 Å². The fourth-order valence-electron chi connectivity index (χ4n) is 3.24. The van der Waals surface area contributed by atoms with Crippen molar-refractivity contribution in [1.82, 2.24) is 19.4 Å². The van der Waals surface area contributed by atoms with Crippen LogP contribution in [0.2, 0.25) is 0 Å². The van der Waals surface area contributed by atoms with E-state index >= 15 is 0 Å². The molecule has 2 aromatic heterocycles. The van der Waals surface area contributed by atoms with E-state index in [9.17, 15) is 0 Å². The van der Waals surface area contributed by atoms with Gasteiger partial charge < -0.3 is 9.30 Å². The zero-order chi connectivity index (χ0) is 15.4. The van der Waals surface area contributed by atoms with Gasteiger partial charge in [0.05, 0.1) is 12.6 Å². The highest BCUT2D eigenvalue weighted by molar-refractivity contribution is 5.12. The zero-order valence-corrected chi connectivity index (χ0v) is 13.4. The molecule has 2 atom stereocenters. The minimum atomic E-state index is 0.297. The standard InChI is InChI=1S/C17H24N4O/c1-3-22-16-6-9-21(13-17-19-8-10-20(17)2)15(16)11-14-5-4-7-18-12-14/h4-5,7-8,10,12,15-16H,3,6,9,11,13H2,1-2H3/t15-,16-/m1/s1. The molecule has 0 spiro atoms. The Labute approximate surface area is 131 Å². The van der Waals surface area contributed by atoms with Crippen LogP contribution in [0.5, 0.6) is 0 Å². The van der Waals surface area contributed by atoms with Gasteiger partial charge in [0.15, 0.2) is 0 Å². The molecule has 0 N–H and O–H groups in total. The molecule has 5 heteroatoms. The maximum absolute atomic E-state index is 5.98. The molecule has 0 aliphatic carbocycles. The van der Waals surface area contributed by atoms with Crippen LogP contribution in [0.15, 0.2) is 36.9 Å². The van der Waals surface area contributed by atoms with E-state index in [-0.39, 0.29) is 0 Å². The molecule has 1 fully saturated rings. The summed E-state index contributed by atoms with van der Waals surface area (Å²) < 4.78 is 8.07. The van der Waals surface area contributed by atoms with Crippen LogP contribution in [0.1, 0.15) is 24.7 Å². The molecular formula is C17H24N4O. The van der Waals surface area contributed by atoms with Crippen molar-refractivity contribution in [3.63, 3.8) is 0 Å². The Morgan fingerprint density at radius 2 is 2.27 bits per heavy atom. The van der Waals surface area contributed by atoms with E-state index in [4.69, 9.17) is 4.74 Å². The first-order valence-corrected chi connectivity index (χ1v) is 7.98. The molecule has 118 valence electrons. The minimum Gasteiger partial charge on any atom is -0.377 e. The Hall–Kier alpha value is -1.72. The molecule has 0 unspecified atom stereocenters. The number of pyridine rings is 1. The van der Waals surface area contributed by atoms with E-state index in [0.29, 0.717) is 12.1 Å². The molecule has 0 aromatic carbocycles. The van der Waals surface area contributed by atoms with E-state index in [1.807, 2.05) is 30.9 Å². The lowest BCUT2D eigenvalue weighted by molar-refractivity contribution is 0.0325. The number of likely N-dealkylation sites (tertiary alicyclic amines) is 1. The van der Waals surface area contributed by atoms with Gasteiger partial charge in [0.1, 0.15) is 5.82 Å². The van der Waals surface area contributed by atoms with Crippen LogP contribution in [0.4, 0.5) is 0 Å². The summed E-state index contributed by atoms with van der Waals surface area (Å²) in [7, 11) is 2.05. The third kappa shape index (κ3) is 3.36. The summed E-state index contributed by atoms with van der Waals surface area (Å²) in [5.74, 6) is 1.10. The lowest BCUT2D eigenvalue weighted by Gasteiger charge is -2.28. The third-order valence-corrected chi connectivity index (χ3v) is 4.41. The second-order valence-corrected chi connectivity index (χ2v) is 5.84. The first-order valence-electron chi connectivity index (χ1n) is 7.98. The number of hydrogen-bond donors (Lipinski definition) is 0. The molecule has 5 nitrogen and oxygen atoms in total. The maximum atomic E-state index is 5.98. The predicted octanol–water partition coefficient (Wildman–Crippen LogP) is 2.04. The van der Waals surface area contributed by atoms with Crippen molar-refractivity contribution in [2.45, 2.75) is 38.5 Å². The highest BCUT2D eigenvalue weighted by atomic mass is 16.5. The topological polar surface area (TPSA) is 43.2 Å². The zero-order valence-electron chi connectivity index (χ0n) is 13.4. The molecular weight excluding hydrogens is 276 g/mol. The highest BCUT2D eigenvalue weighted by Crippen LogP contribution is 2.25. The number of hydrogen-bond acceptors (Lipinski definition) is 4. The Bertz CT molecular complexity index is 583. The summed E-state index contributed by atoms with van der Waals surface area (Å²) in [6.07, 6.45) is 10.0. The average Bonchev–Trinajstić information content (AvgIpc) is 3.10. The number of ether oxygens (including phenoxy) is 1. The SMILES string of the molecule is CCO[C@@H]1CCN(Cc2nccn2C)[C@@H]1Cc1cccnc1. The predicted molar refractivity (Wildman–Crippen MR) is 85.4 cm³/mol. The van der Waals surface area contributed by atoms with Crippen molar-refractivity contribution in [1.29, 1.82) is 0 Å². The van der Waals surface area contributed by atoms with Crippen LogP contribution in [0.3, 0.4) is 0 Å².